The van der Waals surface area contributed by atoms with Crippen molar-refractivity contribution in [2.75, 3.05) is 6.54 Å². The van der Waals surface area contributed by atoms with Gasteiger partial charge in [0.2, 0.25) is 0 Å². The van der Waals surface area contributed by atoms with Crippen LogP contribution in [-0.4, -0.2) is 34.7 Å². The quantitative estimate of drug-likeness (QED) is 0.854. The van der Waals surface area contributed by atoms with Gasteiger partial charge in [-0.3, -0.25) is 4.90 Å². The fourth-order valence-electron chi connectivity index (χ4n) is 3.03. The summed E-state index contributed by atoms with van der Waals surface area (Å²) in [5.74, 6) is 0.398. The van der Waals surface area contributed by atoms with Crippen molar-refractivity contribution in [3.8, 4) is 5.75 Å². The molecule has 0 aromatic heterocycles. The third kappa shape index (κ3) is 2.52. The maximum Gasteiger partial charge on any atom is 0.120 e. The van der Waals surface area contributed by atoms with Crippen molar-refractivity contribution in [2.45, 2.75) is 50.9 Å². The molecular weight excluding hydrogens is 224 g/mol. The normalized spacial score (nSPS) is 28.7. The van der Waals surface area contributed by atoms with Gasteiger partial charge in [0.05, 0.1) is 0 Å². The summed E-state index contributed by atoms with van der Waals surface area (Å²) >= 11 is 0. The minimum absolute atomic E-state index is 0.398. The topological polar surface area (TPSA) is 35.5 Å². The van der Waals surface area contributed by atoms with Crippen LogP contribution in [0.15, 0.2) is 24.3 Å². The highest BCUT2D eigenvalue weighted by atomic mass is 16.3. The highest BCUT2D eigenvalue weighted by Crippen LogP contribution is 2.33. The van der Waals surface area contributed by atoms with Crippen LogP contribution in [0.25, 0.3) is 0 Å². The van der Waals surface area contributed by atoms with E-state index in [1.807, 2.05) is 18.2 Å². The van der Waals surface area contributed by atoms with E-state index in [9.17, 15) is 5.11 Å². The van der Waals surface area contributed by atoms with Gasteiger partial charge in [0, 0.05) is 36.8 Å². The molecule has 18 heavy (non-hydrogen) atoms. The van der Waals surface area contributed by atoms with Gasteiger partial charge in [-0.25, -0.2) is 0 Å². The molecular formula is C15H22N2O. The number of hydrogen-bond donors (Lipinski definition) is 2. The molecule has 0 spiro atoms. The van der Waals surface area contributed by atoms with Gasteiger partial charge in [0.1, 0.15) is 5.75 Å². The van der Waals surface area contributed by atoms with Crippen LogP contribution in [0.5, 0.6) is 5.75 Å². The molecule has 1 heterocycles. The molecule has 3 nitrogen and oxygen atoms in total. The number of hydrogen-bond acceptors (Lipinski definition) is 3. The number of benzene rings is 1. The Morgan fingerprint density at radius 2 is 2.11 bits per heavy atom. The van der Waals surface area contributed by atoms with Crippen molar-refractivity contribution in [3.63, 3.8) is 0 Å². The molecule has 3 rings (SSSR count). The highest BCUT2D eigenvalue weighted by Gasteiger charge is 2.38. The van der Waals surface area contributed by atoms with Gasteiger partial charge >= 0.3 is 0 Å². The summed E-state index contributed by atoms with van der Waals surface area (Å²) in [7, 11) is 0. The van der Waals surface area contributed by atoms with Gasteiger partial charge in [-0.1, -0.05) is 18.2 Å². The van der Waals surface area contributed by atoms with E-state index in [1.165, 1.54) is 25.8 Å². The van der Waals surface area contributed by atoms with Gasteiger partial charge in [-0.05, 0) is 32.3 Å². The Morgan fingerprint density at radius 1 is 1.33 bits per heavy atom. The Morgan fingerprint density at radius 3 is 2.83 bits per heavy atom. The second-order valence-corrected chi connectivity index (χ2v) is 5.72. The zero-order valence-electron chi connectivity index (χ0n) is 11.0. The van der Waals surface area contributed by atoms with Crippen LogP contribution in [-0.2, 0) is 6.54 Å². The minimum atomic E-state index is 0.398. The van der Waals surface area contributed by atoms with E-state index < -0.39 is 0 Å². The first-order valence-electron chi connectivity index (χ1n) is 7.00. The lowest BCUT2D eigenvalue weighted by Gasteiger charge is -2.19. The van der Waals surface area contributed by atoms with E-state index in [1.54, 1.807) is 6.07 Å². The second-order valence-electron chi connectivity index (χ2n) is 5.72. The molecule has 1 saturated heterocycles. The van der Waals surface area contributed by atoms with Crippen molar-refractivity contribution in [2.24, 2.45) is 0 Å². The largest absolute Gasteiger partial charge is 0.508 e. The monoisotopic (exact) mass is 246 g/mol. The number of likely N-dealkylation sites (tertiary alicyclic amines) is 1. The Hall–Kier alpha value is -1.06. The first-order chi connectivity index (χ1) is 8.74. The third-order valence-corrected chi connectivity index (χ3v) is 4.21. The molecule has 1 aliphatic carbocycles. The Balaban J connectivity index is 1.53. The van der Waals surface area contributed by atoms with Gasteiger partial charge < -0.3 is 10.4 Å². The maximum atomic E-state index is 9.74. The van der Waals surface area contributed by atoms with Crippen LogP contribution < -0.4 is 5.32 Å². The number of para-hydroxylation sites is 1. The highest BCUT2D eigenvalue weighted by molar-refractivity contribution is 5.31. The molecule has 1 aliphatic heterocycles. The maximum absolute atomic E-state index is 9.74. The molecule has 2 fully saturated rings. The van der Waals surface area contributed by atoms with Crippen LogP contribution in [0.1, 0.15) is 31.7 Å². The molecule has 0 bridgehead atoms. The summed E-state index contributed by atoms with van der Waals surface area (Å²) in [5.41, 5.74) is 0.995. The van der Waals surface area contributed by atoms with Crippen molar-refractivity contribution in [3.05, 3.63) is 29.8 Å². The number of rotatable bonds is 4. The SMILES string of the molecule is CC1CC(NCc2ccccc2O)CN1C1CC1. The Labute approximate surface area is 109 Å². The van der Waals surface area contributed by atoms with E-state index in [0.717, 1.165) is 18.2 Å². The molecule has 1 aromatic carbocycles. The standard InChI is InChI=1S/C15H22N2O/c1-11-8-13(10-17(11)14-6-7-14)16-9-12-4-2-3-5-15(12)18/h2-5,11,13-14,16,18H,6-10H2,1H3. The van der Waals surface area contributed by atoms with Crippen LogP contribution in [0, 0.1) is 0 Å². The number of phenols is 1. The molecule has 0 amide bonds. The summed E-state index contributed by atoms with van der Waals surface area (Å²) in [6, 6.07) is 9.72. The molecule has 98 valence electrons. The number of nitrogens with one attached hydrogen (secondary N) is 1. The van der Waals surface area contributed by atoms with Crippen molar-refractivity contribution in [1.82, 2.24) is 10.2 Å². The Kier molecular flexibility index (Phi) is 3.27. The van der Waals surface area contributed by atoms with Crippen molar-refractivity contribution >= 4 is 0 Å². The van der Waals surface area contributed by atoms with Crippen molar-refractivity contribution < 1.29 is 5.11 Å². The lowest BCUT2D eigenvalue weighted by atomic mass is 10.1. The van der Waals surface area contributed by atoms with Crippen LogP contribution in [0.2, 0.25) is 0 Å². The predicted octanol–water partition coefficient (Wildman–Crippen LogP) is 2.11. The van der Waals surface area contributed by atoms with E-state index in [2.05, 4.69) is 17.1 Å². The van der Waals surface area contributed by atoms with E-state index in [4.69, 9.17) is 0 Å². The lowest BCUT2D eigenvalue weighted by molar-refractivity contribution is 0.255. The predicted molar refractivity (Wildman–Crippen MR) is 72.5 cm³/mol. The molecule has 2 atom stereocenters. The van der Waals surface area contributed by atoms with Gasteiger partial charge in [-0.15, -0.1) is 0 Å². The summed E-state index contributed by atoms with van der Waals surface area (Å²) in [6.07, 6.45) is 4.00. The minimum Gasteiger partial charge on any atom is -0.508 e. The Bertz CT molecular complexity index is 417. The summed E-state index contributed by atoms with van der Waals surface area (Å²) in [5, 5.41) is 13.3. The van der Waals surface area contributed by atoms with Gasteiger partial charge in [-0.2, -0.15) is 0 Å². The molecule has 1 saturated carbocycles. The summed E-state index contributed by atoms with van der Waals surface area (Å²) in [4.78, 5) is 2.64. The molecule has 2 N–H and O–H groups in total. The fourth-order valence-corrected chi connectivity index (χ4v) is 3.03. The van der Waals surface area contributed by atoms with Crippen LogP contribution >= 0.6 is 0 Å². The van der Waals surface area contributed by atoms with E-state index in [0.29, 0.717) is 17.8 Å². The van der Waals surface area contributed by atoms with E-state index in [-0.39, 0.29) is 0 Å². The first-order valence-corrected chi connectivity index (χ1v) is 7.00. The number of phenolic OH excluding ortho intramolecular Hbond substituents is 1. The van der Waals surface area contributed by atoms with Gasteiger partial charge in [0.25, 0.3) is 0 Å². The fraction of sp³-hybridized carbons (Fsp3) is 0.600. The molecule has 1 aromatic rings. The average Bonchev–Trinajstić information content (AvgIpc) is 3.13. The molecule has 0 radical (unpaired) electrons. The lowest BCUT2D eigenvalue weighted by Crippen LogP contribution is -2.33. The van der Waals surface area contributed by atoms with E-state index >= 15 is 0 Å². The van der Waals surface area contributed by atoms with Crippen LogP contribution in [0.3, 0.4) is 0 Å². The zero-order chi connectivity index (χ0) is 12.5. The molecule has 2 aliphatic rings. The number of aromatic hydroxyl groups is 1. The molecule has 3 heteroatoms. The summed E-state index contributed by atoms with van der Waals surface area (Å²) < 4.78 is 0. The number of nitrogens with zero attached hydrogens (tertiary/aromatic N) is 1. The zero-order valence-corrected chi connectivity index (χ0v) is 11.0. The second kappa shape index (κ2) is 4.90. The summed E-state index contributed by atoms with van der Waals surface area (Å²) in [6.45, 7) is 4.27. The van der Waals surface area contributed by atoms with Crippen molar-refractivity contribution in [1.29, 1.82) is 0 Å². The van der Waals surface area contributed by atoms with Crippen LogP contribution in [0.4, 0.5) is 0 Å². The molecule has 2 unspecified atom stereocenters. The third-order valence-electron chi connectivity index (χ3n) is 4.21. The smallest absolute Gasteiger partial charge is 0.120 e. The first kappa shape index (κ1) is 12.0. The van der Waals surface area contributed by atoms with Gasteiger partial charge in [0.15, 0.2) is 0 Å². The average molecular weight is 246 g/mol.